The molecular weight excluding hydrogens is 440 g/mol. The van der Waals surface area contributed by atoms with Crippen molar-refractivity contribution in [2.24, 2.45) is 5.92 Å². The van der Waals surface area contributed by atoms with E-state index in [-0.39, 0.29) is 23.4 Å². The van der Waals surface area contributed by atoms with Gasteiger partial charge >= 0.3 is 0 Å². The Morgan fingerprint density at radius 2 is 1.84 bits per heavy atom. The maximum Gasteiger partial charge on any atom is 0.243 e. The van der Waals surface area contributed by atoms with Gasteiger partial charge in [0.1, 0.15) is 13.2 Å². The zero-order valence-corrected chi connectivity index (χ0v) is 18.8. The summed E-state index contributed by atoms with van der Waals surface area (Å²) in [5.74, 6) is 0.806. The van der Waals surface area contributed by atoms with Crippen LogP contribution in [0.1, 0.15) is 31.4 Å². The highest BCUT2D eigenvalue weighted by Gasteiger charge is 2.33. The number of sulfonamides is 1. The minimum atomic E-state index is -3.67. The molecule has 2 aromatic rings. The smallest absolute Gasteiger partial charge is 0.243 e. The van der Waals surface area contributed by atoms with E-state index >= 15 is 0 Å². The third kappa shape index (κ3) is 4.81. The van der Waals surface area contributed by atoms with Gasteiger partial charge in [0.15, 0.2) is 11.5 Å². The lowest BCUT2D eigenvalue weighted by molar-refractivity contribution is -0.126. The molecule has 1 N–H and O–H groups in total. The second kappa shape index (κ2) is 9.06. The first-order valence-corrected chi connectivity index (χ1v) is 12.1. The fourth-order valence-corrected chi connectivity index (χ4v) is 5.52. The number of ether oxygens (including phenoxy) is 2. The second-order valence-corrected chi connectivity index (χ2v) is 10.2. The van der Waals surface area contributed by atoms with Crippen LogP contribution in [-0.4, -0.2) is 44.9 Å². The van der Waals surface area contributed by atoms with Gasteiger partial charge in [-0.15, -0.1) is 0 Å². The van der Waals surface area contributed by atoms with Crippen LogP contribution in [0.5, 0.6) is 11.5 Å². The van der Waals surface area contributed by atoms with Crippen LogP contribution in [0.3, 0.4) is 0 Å². The zero-order valence-electron chi connectivity index (χ0n) is 17.2. The Morgan fingerprint density at radius 3 is 2.58 bits per heavy atom. The van der Waals surface area contributed by atoms with Gasteiger partial charge in [0.2, 0.25) is 15.9 Å². The predicted octanol–water partition coefficient (Wildman–Crippen LogP) is 3.39. The number of carbonyl (C=O) groups excluding carboxylic acids is 1. The molecule has 0 radical (unpaired) electrons. The topological polar surface area (TPSA) is 84.9 Å². The van der Waals surface area contributed by atoms with E-state index in [1.165, 1.54) is 16.4 Å². The minimum absolute atomic E-state index is 0.154. The molecule has 7 nitrogen and oxygen atoms in total. The number of rotatable bonds is 5. The Hall–Kier alpha value is -2.29. The molecule has 0 spiro atoms. The fourth-order valence-electron chi connectivity index (χ4n) is 3.87. The van der Waals surface area contributed by atoms with E-state index in [0.717, 1.165) is 5.56 Å². The molecule has 4 rings (SSSR count). The molecule has 31 heavy (non-hydrogen) atoms. The quantitative estimate of drug-likeness (QED) is 0.733. The average Bonchev–Trinajstić information content (AvgIpc) is 2.79. The van der Waals surface area contributed by atoms with Crippen LogP contribution in [0.25, 0.3) is 0 Å². The van der Waals surface area contributed by atoms with Crippen LogP contribution in [0.4, 0.5) is 0 Å². The monoisotopic (exact) mass is 464 g/mol. The van der Waals surface area contributed by atoms with Gasteiger partial charge in [0, 0.05) is 18.1 Å². The third-order valence-corrected chi connectivity index (χ3v) is 7.76. The van der Waals surface area contributed by atoms with Crippen molar-refractivity contribution < 1.29 is 22.7 Å². The Balaban J connectivity index is 1.42. The molecule has 1 amide bonds. The van der Waals surface area contributed by atoms with Crippen LogP contribution in [0.2, 0.25) is 5.02 Å². The van der Waals surface area contributed by atoms with E-state index in [4.69, 9.17) is 21.1 Å². The first-order valence-electron chi connectivity index (χ1n) is 10.3. The summed E-state index contributed by atoms with van der Waals surface area (Å²) in [5, 5.41) is 3.49. The Morgan fingerprint density at radius 1 is 1.13 bits per heavy atom. The highest BCUT2D eigenvalue weighted by Crippen LogP contribution is 2.33. The van der Waals surface area contributed by atoms with E-state index in [2.05, 4.69) is 5.32 Å². The SMILES string of the molecule is C[C@@H](NC(=O)[C@H]1CCCN(S(=O)(=O)c2ccc(Cl)cc2)C1)c1ccc2c(c1)OCCO2. The van der Waals surface area contributed by atoms with E-state index in [1.54, 1.807) is 12.1 Å². The highest BCUT2D eigenvalue weighted by molar-refractivity contribution is 7.89. The van der Waals surface area contributed by atoms with E-state index in [1.807, 2.05) is 25.1 Å². The maximum atomic E-state index is 13.0. The van der Waals surface area contributed by atoms with Gasteiger partial charge in [-0.25, -0.2) is 8.42 Å². The van der Waals surface area contributed by atoms with Crippen LogP contribution in [0, 0.1) is 5.92 Å². The molecule has 2 atom stereocenters. The van der Waals surface area contributed by atoms with Crippen LogP contribution in [0.15, 0.2) is 47.4 Å². The minimum Gasteiger partial charge on any atom is -0.486 e. The summed E-state index contributed by atoms with van der Waals surface area (Å²) in [7, 11) is -3.67. The molecule has 0 aliphatic carbocycles. The number of halogens is 1. The van der Waals surface area contributed by atoms with E-state index in [9.17, 15) is 13.2 Å². The van der Waals surface area contributed by atoms with Crippen LogP contribution < -0.4 is 14.8 Å². The number of amides is 1. The number of carbonyl (C=O) groups is 1. The summed E-state index contributed by atoms with van der Waals surface area (Å²) >= 11 is 5.87. The van der Waals surface area contributed by atoms with Crippen molar-refractivity contribution in [3.8, 4) is 11.5 Å². The molecule has 2 aromatic carbocycles. The van der Waals surface area contributed by atoms with Crippen molar-refractivity contribution in [1.29, 1.82) is 0 Å². The summed E-state index contributed by atoms with van der Waals surface area (Å²) in [6.07, 6.45) is 1.27. The van der Waals surface area contributed by atoms with Gasteiger partial charge in [-0.1, -0.05) is 17.7 Å². The van der Waals surface area contributed by atoms with Gasteiger partial charge in [-0.05, 0) is 61.7 Å². The number of nitrogens with one attached hydrogen (secondary N) is 1. The van der Waals surface area contributed by atoms with E-state index < -0.39 is 15.9 Å². The Labute approximate surface area is 187 Å². The molecule has 1 saturated heterocycles. The molecule has 9 heteroatoms. The zero-order chi connectivity index (χ0) is 22.0. The first-order chi connectivity index (χ1) is 14.8. The summed E-state index contributed by atoms with van der Waals surface area (Å²) < 4.78 is 38.5. The number of piperidine rings is 1. The van der Waals surface area contributed by atoms with Crippen molar-refractivity contribution in [2.75, 3.05) is 26.3 Å². The molecule has 0 bridgehead atoms. The molecule has 1 fully saturated rings. The second-order valence-electron chi connectivity index (χ2n) is 7.79. The summed E-state index contributed by atoms with van der Waals surface area (Å²) in [6.45, 7) is 3.47. The van der Waals surface area contributed by atoms with Gasteiger partial charge in [-0.2, -0.15) is 4.31 Å². The molecule has 2 heterocycles. The average molecular weight is 465 g/mol. The summed E-state index contributed by atoms with van der Waals surface area (Å²) in [5.41, 5.74) is 0.902. The van der Waals surface area contributed by atoms with Crippen molar-refractivity contribution in [3.63, 3.8) is 0 Å². The predicted molar refractivity (Wildman–Crippen MR) is 117 cm³/mol. The van der Waals surface area contributed by atoms with Crippen molar-refractivity contribution in [1.82, 2.24) is 9.62 Å². The maximum absolute atomic E-state index is 13.0. The van der Waals surface area contributed by atoms with Crippen molar-refractivity contribution in [3.05, 3.63) is 53.1 Å². The first kappa shape index (κ1) is 21.9. The normalized spacial score (nSPS) is 20.1. The van der Waals surface area contributed by atoms with Crippen LogP contribution in [-0.2, 0) is 14.8 Å². The van der Waals surface area contributed by atoms with Crippen molar-refractivity contribution >= 4 is 27.5 Å². The fraction of sp³-hybridized carbons (Fsp3) is 0.409. The molecule has 0 aromatic heterocycles. The highest BCUT2D eigenvalue weighted by atomic mass is 35.5. The number of nitrogens with zero attached hydrogens (tertiary/aromatic N) is 1. The summed E-state index contributed by atoms with van der Waals surface area (Å²) in [6, 6.07) is 11.5. The number of hydrogen-bond donors (Lipinski definition) is 1. The molecule has 166 valence electrons. The van der Waals surface area contributed by atoms with Gasteiger partial charge in [0.05, 0.1) is 16.9 Å². The largest absolute Gasteiger partial charge is 0.486 e. The summed E-state index contributed by atoms with van der Waals surface area (Å²) in [4.78, 5) is 13.1. The van der Waals surface area contributed by atoms with Gasteiger partial charge in [0.25, 0.3) is 0 Å². The number of fused-ring (bicyclic) bond motifs is 1. The van der Waals surface area contributed by atoms with Gasteiger partial charge in [-0.3, -0.25) is 4.79 Å². The molecular formula is C22H25ClN2O5S. The Bertz CT molecular complexity index is 1060. The standard InChI is InChI=1S/C22H25ClN2O5S/c1-15(16-4-9-20-21(13-16)30-12-11-29-20)24-22(26)17-3-2-10-25(14-17)31(27,28)19-7-5-18(23)6-8-19/h4-9,13,15,17H,2-3,10-12,14H2,1H3,(H,24,26)/t15-,17+/m1/s1. The lowest BCUT2D eigenvalue weighted by Crippen LogP contribution is -2.45. The number of hydrogen-bond acceptors (Lipinski definition) is 5. The molecule has 2 aliphatic rings. The lowest BCUT2D eigenvalue weighted by Gasteiger charge is -2.32. The lowest BCUT2D eigenvalue weighted by atomic mass is 9.97. The molecule has 2 aliphatic heterocycles. The number of benzene rings is 2. The van der Waals surface area contributed by atoms with E-state index in [0.29, 0.717) is 49.1 Å². The van der Waals surface area contributed by atoms with Gasteiger partial charge < -0.3 is 14.8 Å². The van der Waals surface area contributed by atoms with Crippen LogP contribution >= 0.6 is 11.6 Å². The third-order valence-electron chi connectivity index (χ3n) is 5.63. The molecule has 0 saturated carbocycles. The van der Waals surface area contributed by atoms with Crippen molar-refractivity contribution in [2.45, 2.75) is 30.7 Å². The molecule has 0 unspecified atom stereocenters. The Kier molecular flexibility index (Phi) is 6.41.